The van der Waals surface area contributed by atoms with Crippen LogP contribution >= 0.6 is 0 Å². The molecule has 0 aromatic carbocycles. The third-order valence-electron chi connectivity index (χ3n) is 15.3. The first-order valence-corrected chi connectivity index (χ1v) is 31.1. The SMILES string of the molecule is CCCCCCCCCCCCCCCCCCCCCCCCCC(=O)OC[C@@H](CO[C@@H]1O[C@H](CO[C@@H]2O[C@H](CO)[C@H](O)C(O)C2O)[C@H](O)C(O)C1O)OC(=O)CCCCCCCCCCCCCCCCCC. The summed E-state index contributed by atoms with van der Waals surface area (Å²) in [5.74, 6) is -0.901. The van der Waals surface area contributed by atoms with Gasteiger partial charge in [-0.1, -0.05) is 251 Å². The van der Waals surface area contributed by atoms with E-state index in [1.54, 1.807) is 0 Å². The predicted octanol–water partition coefficient (Wildman–Crippen LogP) is 11.1. The van der Waals surface area contributed by atoms with Crippen molar-refractivity contribution in [2.75, 3.05) is 26.4 Å². The lowest BCUT2D eigenvalue weighted by Gasteiger charge is -2.42. The van der Waals surface area contributed by atoms with E-state index in [0.717, 1.165) is 38.5 Å². The largest absolute Gasteiger partial charge is 0.462 e. The van der Waals surface area contributed by atoms with Gasteiger partial charge in [0.15, 0.2) is 18.7 Å². The molecule has 444 valence electrons. The highest BCUT2D eigenvalue weighted by Gasteiger charge is 2.47. The second kappa shape index (κ2) is 47.3. The van der Waals surface area contributed by atoms with E-state index in [1.807, 2.05) is 0 Å². The molecule has 0 amide bonds. The van der Waals surface area contributed by atoms with Gasteiger partial charge in [0, 0.05) is 12.8 Å². The molecule has 4 unspecified atom stereocenters. The topological polar surface area (TPSA) is 231 Å². The number of aliphatic hydroxyl groups is 7. The molecule has 0 aliphatic carbocycles. The molecule has 0 aromatic rings. The first-order valence-electron chi connectivity index (χ1n) is 31.1. The Morgan fingerprint density at radius 2 is 0.680 bits per heavy atom. The number of esters is 2. The van der Waals surface area contributed by atoms with Crippen molar-refractivity contribution in [2.24, 2.45) is 0 Å². The molecule has 0 radical (unpaired) electrons. The maximum atomic E-state index is 13.1. The van der Waals surface area contributed by atoms with Gasteiger partial charge in [0.1, 0.15) is 55.4 Å². The Hall–Kier alpha value is -1.50. The van der Waals surface area contributed by atoms with E-state index in [1.165, 1.54) is 199 Å². The number of rotatable bonds is 51. The summed E-state index contributed by atoms with van der Waals surface area (Å²) in [6.07, 6.45) is 32.7. The Bertz CT molecular complexity index is 1310. The highest BCUT2D eigenvalue weighted by atomic mass is 16.7. The van der Waals surface area contributed by atoms with Crippen LogP contribution < -0.4 is 0 Å². The second-order valence-corrected chi connectivity index (χ2v) is 22.3. The molecule has 75 heavy (non-hydrogen) atoms. The van der Waals surface area contributed by atoms with E-state index in [4.69, 9.17) is 28.4 Å². The number of carbonyl (C=O) groups excluding carboxylic acids is 2. The van der Waals surface area contributed by atoms with Gasteiger partial charge < -0.3 is 64.2 Å². The summed E-state index contributed by atoms with van der Waals surface area (Å²) in [5.41, 5.74) is 0. The third kappa shape index (κ3) is 34.3. The molecule has 15 nitrogen and oxygen atoms in total. The monoisotopic (exact) mass is 1070 g/mol. The third-order valence-corrected chi connectivity index (χ3v) is 15.3. The minimum Gasteiger partial charge on any atom is -0.462 e. The first kappa shape index (κ1) is 69.6. The van der Waals surface area contributed by atoms with Crippen LogP contribution in [0.2, 0.25) is 0 Å². The molecule has 2 heterocycles. The van der Waals surface area contributed by atoms with E-state index in [9.17, 15) is 45.3 Å². The number of hydrogen-bond donors (Lipinski definition) is 7. The van der Waals surface area contributed by atoms with Gasteiger partial charge in [-0.2, -0.15) is 0 Å². The maximum absolute atomic E-state index is 13.1. The molecule has 2 aliphatic heterocycles. The van der Waals surface area contributed by atoms with E-state index in [0.29, 0.717) is 12.8 Å². The molecule has 0 aromatic heterocycles. The van der Waals surface area contributed by atoms with Crippen molar-refractivity contribution in [1.29, 1.82) is 0 Å². The zero-order chi connectivity index (χ0) is 54.6. The Morgan fingerprint density at radius 3 is 1.04 bits per heavy atom. The molecule has 2 saturated heterocycles. The number of unbranched alkanes of at least 4 members (excludes halogenated alkanes) is 37. The van der Waals surface area contributed by atoms with Crippen molar-refractivity contribution in [3.63, 3.8) is 0 Å². The lowest BCUT2D eigenvalue weighted by Crippen LogP contribution is -2.61. The van der Waals surface area contributed by atoms with Crippen LogP contribution in [0.4, 0.5) is 0 Å². The average Bonchev–Trinajstić information content (AvgIpc) is 3.40. The molecule has 2 fully saturated rings. The van der Waals surface area contributed by atoms with E-state index in [-0.39, 0.29) is 26.1 Å². The van der Waals surface area contributed by atoms with Crippen molar-refractivity contribution in [3.8, 4) is 0 Å². The van der Waals surface area contributed by atoms with Gasteiger partial charge in [-0.25, -0.2) is 0 Å². The van der Waals surface area contributed by atoms with Gasteiger partial charge >= 0.3 is 11.9 Å². The maximum Gasteiger partial charge on any atom is 0.306 e. The quantitative estimate of drug-likeness (QED) is 0.0222. The zero-order valence-corrected chi connectivity index (χ0v) is 47.6. The van der Waals surface area contributed by atoms with Crippen molar-refractivity contribution in [2.45, 2.75) is 345 Å². The van der Waals surface area contributed by atoms with Gasteiger partial charge in [0.2, 0.25) is 0 Å². The molecule has 2 rings (SSSR count). The number of aliphatic hydroxyl groups excluding tert-OH is 7. The van der Waals surface area contributed by atoms with Gasteiger partial charge in [0.05, 0.1) is 19.8 Å². The lowest BCUT2D eigenvalue weighted by atomic mass is 9.98. The van der Waals surface area contributed by atoms with Gasteiger partial charge in [-0.05, 0) is 12.8 Å². The van der Waals surface area contributed by atoms with E-state index in [2.05, 4.69) is 13.8 Å². The number of hydrogen-bond acceptors (Lipinski definition) is 15. The Morgan fingerprint density at radius 1 is 0.373 bits per heavy atom. The zero-order valence-electron chi connectivity index (χ0n) is 47.6. The van der Waals surface area contributed by atoms with Crippen LogP contribution in [0.15, 0.2) is 0 Å². The van der Waals surface area contributed by atoms with Gasteiger partial charge in [-0.3, -0.25) is 9.59 Å². The number of ether oxygens (including phenoxy) is 6. The predicted molar refractivity (Wildman–Crippen MR) is 294 cm³/mol. The van der Waals surface area contributed by atoms with Crippen LogP contribution in [-0.2, 0) is 38.0 Å². The summed E-state index contributed by atoms with van der Waals surface area (Å²) < 4.78 is 33.8. The molecular weight excluding hydrogens is 961 g/mol. The number of carbonyl (C=O) groups is 2. The van der Waals surface area contributed by atoms with Crippen LogP contribution in [-0.4, -0.2) is 142 Å². The smallest absolute Gasteiger partial charge is 0.306 e. The van der Waals surface area contributed by atoms with Crippen molar-refractivity contribution in [3.05, 3.63) is 0 Å². The van der Waals surface area contributed by atoms with Crippen LogP contribution in [0, 0.1) is 0 Å². The molecule has 0 saturated carbocycles. The summed E-state index contributed by atoms with van der Waals surface area (Å²) in [5, 5.41) is 72.3. The van der Waals surface area contributed by atoms with Gasteiger partial charge in [0.25, 0.3) is 0 Å². The normalized spacial score (nSPS) is 24.4. The molecule has 11 atom stereocenters. The molecule has 2 aliphatic rings. The second-order valence-electron chi connectivity index (χ2n) is 22.3. The van der Waals surface area contributed by atoms with Crippen LogP contribution in [0.3, 0.4) is 0 Å². The van der Waals surface area contributed by atoms with E-state index >= 15 is 0 Å². The lowest BCUT2D eigenvalue weighted by molar-refractivity contribution is -0.332. The molecule has 15 heteroatoms. The summed E-state index contributed by atoms with van der Waals surface area (Å²) in [4.78, 5) is 25.9. The minimum atomic E-state index is -1.76. The fourth-order valence-electron chi connectivity index (χ4n) is 10.3. The minimum absolute atomic E-state index is 0.174. The molecule has 0 spiro atoms. The van der Waals surface area contributed by atoms with Crippen LogP contribution in [0.5, 0.6) is 0 Å². The van der Waals surface area contributed by atoms with Gasteiger partial charge in [-0.15, -0.1) is 0 Å². The van der Waals surface area contributed by atoms with E-state index < -0.39 is 92.7 Å². The Labute approximate surface area is 455 Å². The average molecular weight is 1080 g/mol. The summed E-state index contributed by atoms with van der Waals surface area (Å²) >= 11 is 0. The molecular formula is C60H114O15. The Kier molecular flexibility index (Phi) is 43.9. The van der Waals surface area contributed by atoms with Crippen molar-refractivity contribution < 1.29 is 73.8 Å². The molecule has 0 bridgehead atoms. The fourth-order valence-corrected chi connectivity index (χ4v) is 10.3. The summed E-state index contributed by atoms with van der Waals surface area (Å²) in [6.45, 7) is 2.67. The highest BCUT2D eigenvalue weighted by Crippen LogP contribution is 2.27. The summed E-state index contributed by atoms with van der Waals surface area (Å²) in [6, 6.07) is 0. The Balaban J connectivity index is 1.70. The van der Waals surface area contributed by atoms with Crippen LogP contribution in [0.1, 0.15) is 277 Å². The highest BCUT2D eigenvalue weighted by molar-refractivity contribution is 5.70. The first-order chi connectivity index (χ1) is 36.5. The van der Waals surface area contributed by atoms with Crippen molar-refractivity contribution in [1.82, 2.24) is 0 Å². The summed E-state index contributed by atoms with van der Waals surface area (Å²) in [7, 11) is 0. The molecule has 7 N–H and O–H groups in total. The van der Waals surface area contributed by atoms with Crippen LogP contribution in [0.25, 0.3) is 0 Å². The fraction of sp³-hybridized carbons (Fsp3) is 0.967. The van der Waals surface area contributed by atoms with Crippen molar-refractivity contribution >= 4 is 11.9 Å². The standard InChI is InChI=1S/C60H114O15/c1-3-5-7-9-11-13-15-17-19-21-22-23-24-25-26-27-29-30-32-34-36-38-40-42-51(62)70-45-48(73-52(63)43-41-39-37-35-33-31-28-20-18-16-14-12-10-8-6-4-2)46-71-59-58(69)56(67)54(65)50(75-59)47-72-60-57(68)55(66)53(64)49(44-61)74-60/h48-50,53-61,64-69H,3-47H2,1-2H3/t48-,49+,50+,53-,54-,55?,56?,57?,58?,59+,60+/m0/s1.